The van der Waals surface area contributed by atoms with Crippen LogP contribution in [0.25, 0.3) is 0 Å². The lowest BCUT2D eigenvalue weighted by Gasteiger charge is -2.20. The second kappa shape index (κ2) is 8.07. The van der Waals surface area contributed by atoms with Gasteiger partial charge in [-0.1, -0.05) is 25.1 Å². The lowest BCUT2D eigenvalue weighted by atomic mass is 10.1. The summed E-state index contributed by atoms with van der Waals surface area (Å²) in [6.45, 7) is 3.19. The monoisotopic (exact) mass is 391 g/mol. The zero-order chi connectivity index (χ0) is 20.4. The van der Waals surface area contributed by atoms with Gasteiger partial charge < -0.3 is 15.1 Å². The van der Waals surface area contributed by atoms with Crippen molar-refractivity contribution >= 4 is 34.8 Å². The number of aryl methyl sites for hydroxylation is 1. The standard InChI is InChI=1S/C23H25N3O3/c1-2-16-6-3-4-7-20(16)26-15-17(14-22(26)28)23(29)24-18-9-11-19(12-10-18)25-13-5-8-21(25)27/h3-4,6-7,9-12,17H,2,5,8,13-15H2,1H3,(H,24,29)/t17-/m0/s1. The van der Waals surface area contributed by atoms with Gasteiger partial charge in [0.05, 0.1) is 5.92 Å². The van der Waals surface area contributed by atoms with Gasteiger partial charge in [-0.2, -0.15) is 0 Å². The van der Waals surface area contributed by atoms with E-state index < -0.39 is 0 Å². The Morgan fingerprint density at radius 2 is 1.79 bits per heavy atom. The van der Waals surface area contributed by atoms with Gasteiger partial charge in [-0.05, 0) is 48.7 Å². The van der Waals surface area contributed by atoms with Gasteiger partial charge in [0.1, 0.15) is 0 Å². The molecule has 2 aliphatic heterocycles. The predicted molar refractivity (Wildman–Crippen MR) is 113 cm³/mol. The Bertz CT molecular complexity index is 939. The minimum atomic E-state index is -0.382. The van der Waals surface area contributed by atoms with Crippen molar-refractivity contribution in [2.24, 2.45) is 5.92 Å². The second-order valence-corrected chi connectivity index (χ2v) is 7.57. The van der Waals surface area contributed by atoms with E-state index in [1.54, 1.807) is 21.9 Å². The molecule has 4 rings (SSSR count). The van der Waals surface area contributed by atoms with Gasteiger partial charge in [-0.15, -0.1) is 0 Å². The number of anilines is 3. The maximum Gasteiger partial charge on any atom is 0.229 e. The predicted octanol–water partition coefficient (Wildman–Crippen LogP) is 3.37. The molecule has 0 unspecified atom stereocenters. The Morgan fingerprint density at radius 3 is 2.48 bits per heavy atom. The van der Waals surface area contributed by atoms with E-state index in [2.05, 4.69) is 12.2 Å². The zero-order valence-corrected chi connectivity index (χ0v) is 16.6. The average Bonchev–Trinajstić information content (AvgIpc) is 3.34. The number of hydrogen-bond donors (Lipinski definition) is 1. The maximum absolute atomic E-state index is 12.7. The van der Waals surface area contributed by atoms with Crippen LogP contribution < -0.4 is 15.1 Å². The van der Waals surface area contributed by atoms with Crippen molar-refractivity contribution in [2.75, 3.05) is 28.2 Å². The number of hydrogen-bond acceptors (Lipinski definition) is 3. The van der Waals surface area contributed by atoms with Crippen LogP contribution in [0.5, 0.6) is 0 Å². The van der Waals surface area contributed by atoms with E-state index in [1.165, 1.54) is 0 Å². The summed E-state index contributed by atoms with van der Waals surface area (Å²) < 4.78 is 0. The maximum atomic E-state index is 12.7. The number of rotatable bonds is 5. The second-order valence-electron chi connectivity index (χ2n) is 7.57. The molecule has 0 aliphatic carbocycles. The third-order valence-electron chi connectivity index (χ3n) is 5.68. The largest absolute Gasteiger partial charge is 0.326 e. The molecule has 2 aliphatic rings. The molecule has 1 N–H and O–H groups in total. The first-order valence-electron chi connectivity index (χ1n) is 10.2. The van der Waals surface area contributed by atoms with Crippen molar-refractivity contribution in [1.29, 1.82) is 0 Å². The van der Waals surface area contributed by atoms with Gasteiger partial charge >= 0.3 is 0 Å². The number of benzene rings is 2. The molecule has 3 amide bonds. The quantitative estimate of drug-likeness (QED) is 0.850. The average molecular weight is 391 g/mol. The molecule has 2 fully saturated rings. The lowest BCUT2D eigenvalue weighted by molar-refractivity contribution is -0.122. The Morgan fingerprint density at radius 1 is 1.03 bits per heavy atom. The zero-order valence-electron chi connectivity index (χ0n) is 16.6. The van der Waals surface area contributed by atoms with E-state index in [9.17, 15) is 14.4 Å². The van der Waals surface area contributed by atoms with Crippen molar-refractivity contribution in [1.82, 2.24) is 0 Å². The Hall–Kier alpha value is -3.15. The molecule has 6 nitrogen and oxygen atoms in total. The van der Waals surface area contributed by atoms with Gasteiger partial charge in [0, 0.05) is 43.0 Å². The minimum Gasteiger partial charge on any atom is -0.326 e. The van der Waals surface area contributed by atoms with Crippen LogP contribution in [0.2, 0.25) is 0 Å². The first-order valence-corrected chi connectivity index (χ1v) is 10.2. The molecule has 2 aromatic carbocycles. The van der Waals surface area contributed by atoms with E-state index in [-0.39, 0.29) is 30.1 Å². The fourth-order valence-electron chi connectivity index (χ4n) is 4.08. The molecule has 6 heteroatoms. The summed E-state index contributed by atoms with van der Waals surface area (Å²) in [5.74, 6) is -0.417. The molecule has 0 bridgehead atoms. The first kappa shape index (κ1) is 19.2. The molecular weight excluding hydrogens is 366 g/mol. The summed E-state index contributed by atoms with van der Waals surface area (Å²) in [6.07, 6.45) is 2.52. The molecule has 29 heavy (non-hydrogen) atoms. The van der Waals surface area contributed by atoms with Crippen molar-refractivity contribution in [3.05, 3.63) is 54.1 Å². The highest BCUT2D eigenvalue weighted by Gasteiger charge is 2.35. The molecule has 0 saturated carbocycles. The molecule has 1 atom stereocenters. The highest BCUT2D eigenvalue weighted by molar-refractivity contribution is 6.04. The summed E-state index contributed by atoms with van der Waals surface area (Å²) in [4.78, 5) is 40.6. The summed E-state index contributed by atoms with van der Waals surface area (Å²) >= 11 is 0. The molecule has 0 aromatic heterocycles. The van der Waals surface area contributed by atoms with Gasteiger partial charge in [0.2, 0.25) is 17.7 Å². The number of nitrogens with zero attached hydrogens (tertiary/aromatic N) is 2. The minimum absolute atomic E-state index is 0.0195. The fourth-order valence-corrected chi connectivity index (χ4v) is 4.08. The summed E-state index contributed by atoms with van der Waals surface area (Å²) in [5.41, 5.74) is 3.53. The number of amides is 3. The van der Waals surface area contributed by atoms with E-state index >= 15 is 0 Å². The molecule has 150 valence electrons. The van der Waals surface area contributed by atoms with E-state index in [1.807, 2.05) is 36.4 Å². The molecule has 2 heterocycles. The number of para-hydroxylation sites is 1. The van der Waals surface area contributed by atoms with Crippen LogP contribution >= 0.6 is 0 Å². The highest BCUT2D eigenvalue weighted by atomic mass is 16.2. The van der Waals surface area contributed by atoms with Crippen LogP contribution in [0, 0.1) is 5.92 Å². The van der Waals surface area contributed by atoms with Crippen molar-refractivity contribution in [3.8, 4) is 0 Å². The molecule has 2 aromatic rings. The van der Waals surface area contributed by atoms with Crippen molar-refractivity contribution < 1.29 is 14.4 Å². The van der Waals surface area contributed by atoms with Gasteiger partial charge in [-0.25, -0.2) is 0 Å². The summed E-state index contributed by atoms with van der Waals surface area (Å²) in [7, 11) is 0. The lowest BCUT2D eigenvalue weighted by Crippen LogP contribution is -2.28. The van der Waals surface area contributed by atoms with Gasteiger partial charge in [-0.3, -0.25) is 14.4 Å². The van der Waals surface area contributed by atoms with Crippen LogP contribution in [-0.2, 0) is 20.8 Å². The molecule has 0 spiro atoms. The molecule has 0 radical (unpaired) electrons. The number of nitrogens with one attached hydrogen (secondary N) is 1. The third-order valence-corrected chi connectivity index (χ3v) is 5.68. The Balaban J connectivity index is 1.41. The first-order chi connectivity index (χ1) is 14.1. The van der Waals surface area contributed by atoms with Crippen LogP contribution in [0.1, 0.15) is 31.7 Å². The van der Waals surface area contributed by atoms with E-state index in [0.29, 0.717) is 18.7 Å². The molecular formula is C23H25N3O3. The Labute approximate surface area is 170 Å². The SMILES string of the molecule is CCc1ccccc1N1C[C@@H](C(=O)Nc2ccc(N3CCCC3=O)cc2)CC1=O. The van der Waals surface area contributed by atoms with E-state index in [0.717, 1.165) is 36.3 Å². The van der Waals surface area contributed by atoms with Crippen molar-refractivity contribution in [3.63, 3.8) is 0 Å². The molecule has 2 saturated heterocycles. The highest BCUT2D eigenvalue weighted by Crippen LogP contribution is 2.29. The van der Waals surface area contributed by atoms with E-state index in [4.69, 9.17) is 0 Å². The normalized spacial score (nSPS) is 19.1. The van der Waals surface area contributed by atoms with Gasteiger partial charge in [0.25, 0.3) is 0 Å². The van der Waals surface area contributed by atoms with Crippen LogP contribution in [-0.4, -0.2) is 30.8 Å². The van der Waals surface area contributed by atoms with Crippen LogP contribution in [0.3, 0.4) is 0 Å². The summed E-state index contributed by atoms with van der Waals surface area (Å²) in [5, 5.41) is 2.91. The topological polar surface area (TPSA) is 69.7 Å². The van der Waals surface area contributed by atoms with Crippen LogP contribution in [0.4, 0.5) is 17.1 Å². The smallest absolute Gasteiger partial charge is 0.229 e. The summed E-state index contributed by atoms with van der Waals surface area (Å²) in [6, 6.07) is 15.1. The van der Waals surface area contributed by atoms with Crippen molar-refractivity contribution in [2.45, 2.75) is 32.6 Å². The van der Waals surface area contributed by atoms with Crippen LogP contribution in [0.15, 0.2) is 48.5 Å². The Kier molecular flexibility index (Phi) is 5.34. The third kappa shape index (κ3) is 3.88. The van der Waals surface area contributed by atoms with Gasteiger partial charge in [0.15, 0.2) is 0 Å². The number of carbonyl (C=O) groups is 3. The number of carbonyl (C=O) groups excluding carboxylic acids is 3. The fraction of sp³-hybridized carbons (Fsp3) is 0.348.